The van der Waals surface area contributed by atoms with Gasteiger partial charge >= 0.3 is 6.18 Å². The van der Waals surface area contributed by atoms with Gasteiger partial charge in [-0.15, -0.1) is 11.3 Å². The predicted octanol–water partition coefficient (Wildman–Crippen LogP) is 3.91. The minimum Gasteiger partial charge on any atom is -0.367 e. The van der Waals surface area contributed by atoms with Crippen LogP contribution >= 0.6 is 11.3 Å². The lowest BCUT2D eigenvalue weighted by Gasteiger charge is -2.33. The number of amides is 1. The first-order valence-electron chi connectivity index (χ1n) is 8.40. The van der Waals surface area contributed by atoms with Crippen LogP contribution in [0.4, 0.5) is 24.1 Å². The third-order valence-electron chi connectivity index (χ3n) is 4.89. The van der Waals surface area contributed by atoms with Crippen LogP contribution in [0.25, 0.3) is 0 Å². The highest BCUT2D eigenvalue weighted by Gasteiger charge is 2.49. The first-order chi connectivity index (χ1) is 12.2. The molecule has 1 aliphatic carbocycles. The Balaban J connectivity index is 1.60. The maximum atomic E-state index is 13.5. The third-order valence-corrected chi connectivity index (χ3v) is 5.88. The Bertz CT molecular complexity index is 835. The van der Waals surface area contributed by atoms with Gasteiger partial charge in [-0.3, -0.25) is 10.1 Å². The molecule has 2 unspecified atom stereocenters. The molecular formula is C16H18F3N5OS. The highest BCUT2D eigenvalue weighted by atomic mass is 32.1. The van der Waals surface area contributed by atoms with Gasteiger partial charge in [0.05, 0.1) is 5.69 Å². The molecule has 1 saturated carbocycles. The van der Waals surface area contributed by atoms with E-state index in [2.05, 4.69) is 20.7 Å². The van der Waals surface area contributed by atoms with Crippen molar-refractivity contribution in [2.75, 3.05) is 10.6 Å². The smallest absolute Gasteiger partial charge is 0.367 e. The fourth-order valence-electron chi connectivity index (χ4n) is 3.21. The Labute approximate surface area is 151 Å². The number of hydrogen-bond donors (Lipinski definition) is 2. The van der Waals surface area contributed by atoms with E-state index in [9.17, 15) is 18.0 Å². The average molecular weight is 385 g/mol. The maximum Gasteiger partial charge on any atom is 0.410 e. The van der Waals surface area contributed by atoms with Crippen molar-refractivity contribution >= 4 is 28.2 Å². The van der Waals surface area contributed by atoms with Gasteiger partial charge in [-0.1, -0.05) is 0 Å². The van der Waals surface area contributed by atoms with Crippen molar-refractivity contribution in [3.05, 3.63) is 22.3 Å². The Hall–Kier alpha value is -2.10. The molecule has 0 spiro atoms. The summed E-state index contributed by atoms with van der Waals surface area (Å²) in [5.41, 5.74) is 0.754. The molecule has 0 saturated heterocycles. The molecule has 0 aromatic carbocycles. The van der Waals surface area contributed by atoms with Crippen molar-refractivity contribution in [1.82, 2.24) is 14.8 Å². The van der Waals surface area contributed by atoms with Gasteiger partial charge in [0.25, 0.3) is 5.91 Å². The van der Waals surface area contributed by atoms with Crippen molar-refractivity contribution in [2.45, 2.75) is 51.4 Å². The van der Waals surface area contributed by atoms with E-state index in [1.165, 1.54) is 17.4 Å². The van der Waals surface area contributed by atoms with E-state index < -0.39 is 18.1 Å². The Kier molecular flexibility index (Phi) is 3.98. The van der Waals surface area contributed by atoms with E-state index in [0.29, 0.717) is 5.13 Å². The van der Waals surface area contributed by atoms with E-state index >= 15 is 0 Å². The molecule has 3 heterocycles. The van der Waals surface area contributed by atoms with Gasteiger partial charge in [0.1, 0.15) is 5.82 Å². The molecular weight excluding hydrogens is 367 g/mol. The van der Waals surface area contributed by atoms with Crippen LogP contribution in [-0.4, -0.2) is 32.9 Å². The Morgan fingerprint density at radius 2 is 2.12 bits per heavy atom. The third kappa shape index (κ3) is 3.17. The largest absolute Gasteiger partial charge is 0.410 e. The molecule has 1 amide bonds. The lowest BCUT2D eigenvalue weighted by atomic mass is 10.0. The Morgan fingerprint density at radius 3 is 2.69 bits per heavy atom. The second-order valence-electron chi connectivity index (χ2n) is 6.86. The van der Waals surface area contributed by atoms with Crippen molar-refractivity contribution < 1.29 is 18.0 Å². The minimum absolute atomic E-state index is 0.0521. The number of rotatable bonds is 3. The summed E-state index contributed by atoms with van der Waals surface area (Å²) >= 11 is 1.32. The van der Waals surface area contributed by atoms with Crippen LogP contribution in [-0.2, 0) is 0 Å². The SMILES string of the molecule is Cc1nc(NC(=O)c2cc3n(n2)C(C(F)(F)F)CC(C2CC2)N3)sc1C. The summed E-state index contributed by atoms with van der Waals surface area (Å²) in [5, 5.41) is 10.1. The van der Waals surface area contributed by atoms with E-state index in [0.717, 1.165) is 28.1 Å². The summed E-state index contributed by atoms with van der Waals surface area (Å²) in [6.45, 7) is 3.71. The van der Waals surface area contributed by atoms with Gasteiger partial charge < -0.3 is 5.32 Å². The Morgan fingerprint density at radius 1 is 1.38 bits per heavy atom. The molecule has 140 valence electrons. The molecule has 1 aliphatic heterocycles. The number of alkyl halides is 3. The zero-order chi connectivity index (χ0) is 18.6. The van der Waals surface area contributed by atoms with Gasteiger partial charge in [0.2, 0.25) is 0 Å². The van der Waals surface area contributed by atoms with Crippen LogP contribution in [0.1, 0.15) is 46.4 Å². The lowest BCUT2D eigenvalue weighted by Crippen LogP contribution is -2.40. The second-order valence-corrected chi connectivity index (χ2v) is 8.06. The number of halogens is 3. The molecule has 26 heavy (non-hydrogen) atoms. The van der Waals surface area contributed by atoms with Crippen molar-refractivity contribution in [1.29, 1.82) is 0 Å². The van der Waals surface area contributed by atoms with Crippen molar-refractivity contribution in [2.24, 2.45) is 5.92 Å². The molecule has 10 heteroatoms. The topological polar surface area (TPSA) is 71.8 Å². The normalized spacial score (nSPS) is 22.7. The van der Waals surface area contributed by atoms with Crippen molar-refractivity contribution in [3.8, 4) is 0 Å². The highest BCUT2D eigenvalue weighted by Crippen LogP contribution is 2.45. The minimum atomic E-state index is -4.41. The summed E-state index contributed by atoms with van der Waals surface area (Å²) in [6.07, 6.45) is -2.60. The number of nitrogens with zero attached hydrogens (tertiary/aromatic N) is 3. The summed E-state index contributed by atoms with van der Waals surface area (Å²) in [4.78, 5) is 17.6. The van der Waals surface area contributed by atoms with Crippen LogP contribution in [0.3, 0.4) is 0 Å². The number of fused-ring (bicyclic) bond motifs is 1. The molecule has 2 aliphatic rings. The summed E-state index contributed by atoms with van der Waals surface area (Å²) in [5.74, 6) is -0.0551. The number of carbonyl (C=O) groups is 1. The van der Waals surface area contributed by atoms with Crippen LogP contribution < -0.4 is 10.6 Å². The van der Waals surface area contributed by atoms with Gasteiger partial charge in [-0.05, 0) is 39.0 Å². The number of hydrogen-bond acceptors (Lipinski definition) is 5. The number of thiazole rings is 1. The van der Waals surface area contributed by atoms with Crippen LogP contribution in [0.2, 0.25) is 0 Å². The lowest BCUT2D eigenvalue weighted by molar-refractivity contribution is -0.174. The van der Waals surface area contributed by atoms with Crippen LogP contribution in [0, 0.1) is 19.8 Å². The first kappa shape index (κ1) is 17.3. The molecule has 2 aromatic rings. The highest BCUT2D eigenvalue weighted by molar-refractivity contribution is 7.15. The molecule has 4 rings (SSSR count). The monoisotopic (exact) mass is 385 g/mol. The van der Waals surface area contributed by atoms with Gasteiger partial charge in [-0.25, -0.2) is 9.67 Å². The molecule has 0 radical (unpaired) electrons. The van der Waals surface area contributed by atoms with E-state index in [-0.39, 0.29) is 29.9 Å². The fourth-order valence-corrected chi connectivity index (χ4v) is 4.02. The molecule has 2 aromatic heterocycles. The van der Waals surface area contributed by atoms with E-state index in [1.54, 1.807) is 0 Å². The number of aryl methyl sites for hydroxylation is 2. The predicted molar refractivity (Wildman–Crippen MR) is 91.6 cm³/mol. The molecule has 2 atom stereocenters. The fraction of sp³-hybridized carbons (Fsp3) is 0.562. The van der Waals surface area contributed by atoms with Gasteiger partial charge in [-0.2, -0.15) is 18.3 Å². The summed E-state index contributed by atoms with van der Waals surface area (Å²) < 4.78 is 41.3. The number of aromatic nitrogens is 3. The standard InChI is InChI=1S/C16H18F3N5OS/c1-7-8(2)26-15(20-7)22-14(25)11-6-13-21-10(9-3-4-9)5-12(16(17,18)19)24(13)23-11/h6,9-10,12,21H,3-5H2,1-2H3,(H,20,22,25). The quantitative estimate of drug-likeness (QED) is 0.840. The average Bonchev–Trinajstić information content (AvgIpc) is 3.23. The summed E-state index contributed by atoms with van der Waals surface area (Å²) in [6, 6.07) is -0.558. The maximum absolute atomic E-state index is 13.5. The van der Waals surface area contributed by atoms with Crippen molar-refractivity contribution in [3.63, 3.8) is 0 Å². The zero-order valence-corrected chi connectivity index (χ0v) is 15.0. The van der Waals surface area contributed by atoms with Crippen LogP contribution in [0.15, 0.2) is 6.07 Å². The second kappa shape index (κ2) is 5.97. The molecule has 2 N–H and O–H groups in total. The molecule has 1 fully saturated rings. The number of anilines is 2. The van der Waals surface area contributed by atoms with Gasteiger partial charge in [0.15, 0.2) is 16.9 Å². The number of carbonyl (C=O) groups excluding carboxylic acids is 1. The number of nitrogens with one attached hydrogen (secondary N) is 2. The van der Waals surface area contributed by atoms with Crippen LogP contribution in [0.5, 0.6) is 0 Å². The van der Waals surface area contributed by atoms with E-state index in [1.807, 2.05) is 13.8 Å². The molecule has 6 nitrogen and oxygen atoms in total. The summed E-state index contributed by atoms with van der Waals surface area (Å²) in [7, 11) is 0. The molecule has 0 bridgehead atoms. The van der Waals surface area contributed by atoms with Gasteiger partial charge in [0, 0.05) is 17.0 Å². The first-order valence-corrected chi connectivity index (χ1v) is 9.22. The zero-order valence-electron chi connectivity index (χ0n) is 14.2. The van der Waals surface area contributed by atoms with E-state index in [4.69, 9.17) is 0 Å².